The van der Waals surface area contributed by atoms with Gasteiger partial charge in [-0.2, -0.15) is 0 Å². The summed E-state index contributed by atoms with van der Waals surface area (Å²) in [6.45, 7) is 3.17. The van der Waals surface area contributed by atoms with Gasteiger partial charge < -0.3 is 10.6 Å². The van der Waals surface area contributed by atoms with Gasteiger partial charge in [0, 0.05) is 24.7 Å². The van der Waals surface area contributed by atoms with Crippen LogP contribution in [0.3, 0.4) is 0 Å². The Labute approximate surface area is 115 Å². The summed E-state index contributed by atoms with van der Waals surface area (Å²) in [6, 6.07) is 8.06. The second-order valence-electron chi connectivity index (χ2n) is 5.40. The van der Waals surface area contributed by atoms with E-state index in [1.54, 1.807) is 0 Å². The fraction of sp³-hybridized carbons (Fsp3) is 0.562. The highest BCUT2D eigenvalue weighted by molar-refractivity contribution is 5.95. The topological polar surface area (TPSA) is 46.3 Å². The van der Waals surface area contributed by atoms with Crippen molar-refractivity contribution in [1.29, 1.82) is 0 Å². The van der Waals surface area contributed by atoms with Crippen LogP contribution in [0.25, 0.3) is 0 Å². The zero-order chi connectivity index (χ0) is 13.7. The van der Waals surface area contributed by atoms with Gasteiger partial charge in [-0.25, -0.2) is 0 Å². The first-order valence-electron chi connectivity index (χ1n) is 7.31. The molecule has 1 saturated carbocycles. The van der Waals surface area contributed by atoms with E-state index in [1.807, 2.05) is 36.1 Å². The molecule has 1 amide bonds. The van der Waals surface area contributed by atoms with E-state index < -0.39 is 0 Å². The fourth-order valence-corrected chi connectivity index (χ4v) is 2.91. The molecule has 0 radical (unpaired) electrons. The SMILES string of the molecule is Cc1ccccc1N(CCN)C(=O)C1CCCCC1. The highest BCUT2D eigenvalue weighted by atomic mass is 16.2. The number of para-hydroxylation sites is 1. The van der Waals surface area contributed by atoms with Gasteiger partial charge in [-0.3, -0.25) is 4.79 Å². The summed E-state index contributed by atoms with van der Waals surface area (Å²) >= 11 is 0. The van der Waals surface area contributed by atoms with Gasteiger partial charge in [-0.15, -0.1) is 0 Å². The van der Waals surface area contributed by atoms with Crippen molar-refractivity contribution in [3.63, 3.8) is 0 Å². The maximum absolute atomic E-state index is 12.7. The summed E-state index contributed by atoms with van der Waals surface area (Å²) in [5.74, 6) is 0.458. The molecule has 1 aliphatic carbocycles. The third-order valence-electron chi connectivity index (χ3n) is 3.98. The number of carbonyl (C=O) groups excluding carboxylic acids is 1. The Balaban J connectivity index is 2.19. The molecular formula is C16H24N2O. The number of benzene rings is 1. The van der Waals surface area contributed by atoms with Crippen LogP contribution in [0.4, 0.5) is 5.69 Å². The Morgan fingerprint density at radius 3 is 2.58 bits per heavy atom. The Kier molecular flexibility index (Phi) is 4.97. The number of nitrogens with zero attached hydrogens (tertiary/aromatic N) is 1. The molecule has 1 aliphatic rings. The van der Waals surface area contributed by atoms with Crippen molar-refractivity contribution in [3.05, 3.63) is 29.8 Å². The molecule has 0 spiro atoms. The van der Waals surface area contributed by atoms with Gasteiger partial charge in [0.05, 0.1) is 0 Å². The Morgan fingerprint density at radius 2 is 1.95 bits per heavy atom. The fourth-order valence-electron chi connectivity index (χ4n) is 2.91. The number of hydrogen-bond acceptors (Lipinski definition) is 2. The Hall–Kier alpha value is -1.35. The second kappa shape index (κ2) is 6.71. The van der Waals surface area contributed by atoms with Crippen molar-refractivity contribution in [3.8, 4) is 0 Å². The van der Waals surface area contributed by atoms with Gasteiger partial charge in [-0.1, -0.05) is 37.5 Å². The maximum atomic E-state index is 12.7. The number of anilines is 1. The average molecular weight is 260 g/mol. The molecule has 0 aliphatic heterocycles. The monoisotopic (exact) mass is 260 g/mol. The summed E-state index contributed by atoms with van der Waals surface area (Å²) in [6.07, 6.45) is 5.70. The van der Waals surface area contributed by atoms with Crippen molar-refractivity contribution in [2.24, 2.45) is 11.7 Å². The summed E-state index contributed by atoms with van der Waals surface area (Å²) < 4.78 is 0. The van der Waals surface area contributed by atoms with Gasteiger partial charge in [-0.05, 0) is 31.4 Å². The van der Waals surface area contributed by atoms with Crippen LogP contribution < -0.4 is 10.6 Å². The van der Waals surface area contributed by atoms with Crippen molar-refractivity contribution in [1.82, 2.24) is 0 Å². The predicted octanol–water partition coefficient (Wildman–Crippen LogP) is 2.87. The summed E-state index contributed by atoms with van der Waals surface area (Å²) in [5.41, 5.74) is 7.85. The predicted molar refractivity (Wildman–Crippen MR) is 79.2 cm³/mol. The molecule has 0 bridgehead atoms. The van der Waals surface area contributed by atoms with E-state index in [0.717, 1.165) is 24.1 Å². The number of hydrogen-bond donors (Lipinski definition) is 1. The van der Waals surface area contributed by atoms with Crippen LogP contribution in [0.5, 0.6) is 0 Å². The molecule has 104 valence electrons. The number of carbonyl (C=O) groups is 1. The van der Waals surface area contributed by atoms with Crippen molar-refractivity contribution < 1.29 is 4.79 Å². The molecule has 0 heterocycles. The van der Waals surface area contributed by atoms with Crippen LogP contribution in [-0.4, -0.2) is 19.0 Å². The zero-order valence-electron chi connectivity index (χ0n) is 11.8. The molecule has 19 heavy (non-hydrogen) atoms. The lowest BCUT2D eigenvalue weighted by Gasteiger charge is -2.30. The Morgan fingerprint density at radius 1 is 1.26 bits per heavy atom. The third kappa shape index (κ3) is 3.35. The molecular weight excluding hydrogens is 236 g/mol. The van der Waals surface area contributed by atoms with E-state index >= 15 is 0 Å². The van der Waals surface area contributed by atoms with Crippen LogP contribution in [0, 0.1) is 12.8 Å². The molecule has 2 N–H and O–H groups in total. The molecule has 1 fully saturated rings. The highest BCUT2D eigenvalue weighted by Gasteiger charge is 2.26. The van der Waals surface area contributed by atoms with Gasteiger partial charge in [0.15, 0.2) is 0 Å². The first kappa shape index (κ1) is 14.1. The zero-order valence-corrected chi connectivity index (χ0v) is 11.8. The van der Waals surface area contributed by atoms with E-state index in [9.17, 15) is 4.79 Å². The molecule has 0 atom stereocenters. The number of rotatable bonds is 4. The quantitative estimate of drug-likeness (QED) is 0.904. The first-order valence-corrected chi connectivity index (χ1v) is 7.31. The minimum Gasteiger partial charge on any atom is -0.329 e. The van der Waals surface area contributed by atoms with E-state index in [4.69, 9.17) is 5.73 Å². The second-order valence-corrected chi connectivity index (χ2v) is 5.40. The van der Waals surface area contributed by atoms with Crippen LogP contribution in [0.2, 0.25) is 0 Å². The van der Waals surface area contributed by atoms with Crippen LogP contribution in [-0.2, 0) is 4.79 Å². The number of nitrogens with two attached hydrogens (primary N) is 1. The van der Waals surface area contributed by atoms with Gasteiger partial charge >= 0.3 is 0 Å². The van der Waals surface area contributed by atoms with Crippen LogP contribution in [0.1, 0.15) is 37.7 Å². The summed E-state index contributed by atoms with van der Waals surface area (Å²) in [4.78, 5) is 14.6. The summed E-state index contributed by atoms with van der Waals surface area (Å²) in [7, 11) is 0. The number of aryl methyl sites for hydroxylation is 1. The van der Waals surface area contributed by atoms with Crippen LogP contribution in [0.15, 0.2) is 24.3 Å². The van der Waals surface area contributed by atoms with Gasteiger partial charge in [0.25, 0.3) is 0 Å². The number of amides is 1. The largest absolute Gasteiger partial charge is 0.329 e. The minimum absolute atomic E-state index is 0.194. The van der Waals surface area contributed by atoms with E-state index in [1.165, 1.54) is 19.3 Å². The molecule has 0 aromatic heterocycles. The summed E-state index contributed by atoms with van der Waals surface area (Å²) in [5, 5.41) is 0. The molecule has 1 aromatic rings. The lowest BCUT2D eigenvalue weighted by Crippen LogP contribution is -2.40. The molecule has 0 saturated heterocycles. The van der Waals surface area contributed by atoms with Crippen molar-refractivity contribution in [2.45, 2.75) is 39.0 Å². The van der Waals surface area contributed by atoms with Gasteiger partial charge in [0.1, 0.15) is 0 Å². The minimum atomic E-state index is 0.194. The maximum Gasteiger partial charge on any atom is 0.230 e. The molecule has 1 aromatic carbocycles. The van der Waals surface area contributed by atoms with Crippen molar-refractivity contribution >= 4 is 11.6 Å². The normalized spacial score (nSPS) is 16.3. The molecule has 3 heteroatoms. The molecule has 0 unspecified atom stereocenters. The van der Waals surface area contributed by atoms with Gasteiger partial charge in [0.2, 0.25) is 5.91 Å². The molecule has 2 rings (SSSR count). The average Bonchev–Trinajstić information content (AvgIpc) is 2.46. The smallest absolute Gasteiger partial charge is 0.230 e. The molecule has 3 nitrogen and oxygen atoms in total. The van der Waals surface area contributed by atoms with Crippen molar-refractivity contribution in [2.75, 3.05) is 18.0 Å². The Bertz CT molecular complexity index is 425. The highest BCUT2D eigenvalue weighted by Crippen LogP contribution is 2.28. The first-order chi connectivity index (χ1) is 9.24. The van der Waals surface area contributed by atoms with E-state index in [0.29, 0.717) is 13.1 Å². The lowest BCUT2D eigenvalue weighted by molar-refractivity contribution is -0.123. The standard InChI is InChI=1S/C16H24N2O/c1-13-7-5-6-10-15(13)18(12-11-17)16(19)14-8-3-2-4-9-14/h5-7,10,14H,2-4,8-9,11-12,17H2,1H3. The van der Waals surface area contributed by atoms with E-state index in [2.05, 4.69) is 0 Å². The van der Waals surface area contributed by atoms with E-state index in [-0.39, 0.29) is 11.8 Å². The van der Waals surface area contributed by atoms with Crippen LogP contribution >= 0.6 is 0 Å². The third-order valence-corrected chi connectivity index (χ3v) is 3.98. The lowest BCUT2D eigenvalue weighted by atomic mass is 9.88.